The predicted octanol–water partition coefficient (Wildman–Crippen LogP) is 5.67. The summed E-state index contributed by atoms with van der Waals surface area (Å²) in [4.78, 5) is 12.8. The van der Waals surface area contributed by atoms with Crippen molar-refractivity contribution in [2.24, 2.45) is 5.10 Å². The maximum absolute atomic E-state index is 12.8. The third-order valence-corrected chi connectivity index (χ3v) is 7.08. The smallest absolute Gasteiger partial charge is 0.253 e. The van der Waals surface area contributed by atoms with Gasteiger partial charge in [0.1, 0.15) is 5.75 Å². The second kappa shape index (κ2) is 12.6. The van der Waals surface area contributed by atoms with Crippen molar-refractivity contribution in [3.05, 3.63) is 94.7 Å². The first-order valence-electron chi connectivity index (χ1n) is 11.6. The van der Waals surface area contributed by atoms with Crippen LogP contribution < -0.4 is 15.5 Å². The Balaban J connectivity index is 1.50. The quantitative estimate of drug-likeness (QED) is 0.143. The van der Waals surface area contributed by atoms with Crippen LogP contribution in [-0.2, 0) is 11.3 Å². The standard InChI is InChI=1S/C27H27BrN6O2S/c1-18(20-13-15-21(28)16-14-20)30-32-26(35)19(2)37-27-33-31-25(34(27)22-9-5-4-6-10-22)17-29-23-11-7-8-12-24(23)36-3/h4-16,19,29H,17H2,1-3H3,(H,32,35)/t19-/m1/s1. The molecule has 2 N–H and O–H groups in total. The van der Waals surface area contributed by atoms with Gasteiger partial charge in [0, 0.05) is 10.2 Å². The molecule has 0 radical (unpaired) electrons. The molecular formula is C27H27BrN6O2S. The minimum Gasteiger partial charge on any atom is -0.495 e. The van der Waals surface area contributed by atoms with Gasteiger partial charge in [0.15, 0.2) is 11.0 Å². The normalized spacial score (nSPS) is 12.2. The number of anilines is 1. The largest absolute Gasteiger partial charge is 0.495 e. The molecule has 37 heavy (non-hydrogen) atoms. The number of amides is 1. The van der Waals surface area contributed by atoms with Crippen LogP contribution in [0.3, 0.4) is 0 Å². The fraction of sp³-hybridized carbons (Fsp3) is 0.185. The number of thioether (sulfide) groups is 1. The molecule has 0 spiro atoms. The maximum Gasteiger partial charge on any atom is 0.253 e. The second-order valence-electron chi connectivity index (χ2n) is 8.06. The number of nitrogens with one attached hydrogen (secondary N) is 2. The van der Waals surface area contributed by atoms with Crippen LogP contribution in [0.15, 0.2) is 93.6 Å². The number of ether oxygens (including phenoxy) is 1. The van der Waals surface area contributed by atoms with Crippen LogP contribution in [0.4, 0.5) is 5.69 Å². The summed E-state index contributed by atoms with van der Waals surface area (Å²) >= 11 is 4.75. The van der Waals surface area contributed by atoms with Gasteiger partial charge in [-0.3, -0.25) is 9.36 Å². The number of rotatable bonds is 10. The lowest BCUT2D eigenvalue weighted by atomic mass is 10.1. The molecule has 0 aliphatic rings. The van der Waals surface area contributed by atoms with E-state index in [1.165, 1.54) is 11.8 Å². The van der Waals surface area contributed by atoms with Crippen molar-refractivity contribution in [2.45, 2.75) is 30.8 Å². The van der Waals surface area contributed by atoms with E-state index in [1.807, 2.05) is 97.3 Å². The summed E-state index contributed by atoms with van der Waals surface area (Å²) in [5.74, 6) is 1.22. The lowest BCUT2D eigenvalue weighted by molar-refractivity contribution is -0.120. The highest BCUT2D eigenvalue weighted by atomic mass is 79.9. The highest BCUT2D eigenvalue weighted by molar-refractivity contribution is 9.10. The Labute approximate surface area is 228 Å². The van der Waals surface area contributed by atoms with E-state index in [0.29, 0.717) is 17.5 Å². The molecular weight excluding hydrogens is 552 g/mol. The monoisotopic (exact) mass is 578 g/mol. The van der Waals surface area contributed by atoms with E-state index in [-0.39, 0.29) is 5.91 Å². The lowest BCUT2D eigenvalue weighted by Gasteiger charge is -2.14. The van der Waals surface area contributed by atoms with Crippen molar-refractivity contribution in [3.63, 3.8) is 0 Å². The Kier molecular flexibility index (Phi) is 8.97. The van der Waals surface area contributed by atoms with Crippen molar-refractivity contribution >= 4 is 45.0 Å². The Hall–Kier alpha value is -3.63. The molecule has 4 aromatic rings. The van der Waals surface area contributed by atoms with Gasteiger partial charge in [0.05, 0.1) is 30.3 Å². The second-order valence-corrected chi connectivity index (χ2v) is 10.3. The van der Waals surface area contributed by atoms with Crippen molar-refractivity contribution in [2.75, 3.05) is 12.4 Å². The van der Waals surface area contributed by atoms with Gasteiger partial charge >= 0.3 is 0 Å². The number of hydrogen-bond acceptors (Lipinski definition) is 7. The number of hydrogen-bond donors (Lipinski definition) is 2. The number of methoxy groups -OCH3 is 1. The molecule has 0 bridgehead atoms. The predicted molar refractivity (Wildman–Crippen MR) is 151 cm³/mol. The van der Waals surface area contributed by atoms with Gasteiger partial charge in [-0.1, -0.05) is 70.2 Å². The van der Waals surface area contributed by atoms with Crippen molar-refractivity contribution < 1.29 is 9.53 Å². The number of carbonyl (C=O) groups excluding carboxylic acids is 1. The van der Waals surface area contributed by atoms with Crippen LogP contribution in [0, 0.1) is 0 Å². The van der Waals surface area contributed by atoms with Gasteiger partial charge in [-0.25, -0.2) is 5.43 Å². The van der Waals surface area contributed by atoms with Crippen LogP contribution in [0.25, 0.3) is 5.69 Å². The number of aromatic nitrogens is 3. The Morgan fingerprint density at radius 2 is 1.76 bits per heavy atom. The fourth-order valence-electron chi connectivity index (χ4n) is 3.49. The molecule has 0 saturated heterocycles. The summed E-state index contributed by atoms with van der Waals surface area (Å²) in [6.45, 7) is 4.09. The molecule has 0 saturated carbocycles. The Morgan fingerprint density at radius 3 is 2.49 bits per heavy atom. The lowest BCUT2D eigenvalue weighted by Crippen LogP contribution is -2.28. The van der Waals surface area contributed by atoms with Gasteiger partial charge in [0.25, 0.3) is 5.91 Å². The van der Waals surface area contributed by atoms with E-state index in [2.05, 4.69) is 42.0 Å². The highest BCUT2D eigenvalue weighted by Crippen LogP contribution is 2.28. The van der Waals surface area contributed by atoms with Crippen LogP contribution in [0.1, 0.15) is 25.2 Å². The Morgan fingerprint density at radius 1 is 1.05 bits per heavy atom. The summed E-state index contributed by atoms with van der Waals surface area (Å²) in [5, 5.41) is 16.6. The number of para-hydroxylation sites is 3. The van der Waals surface area contributed by atoms with E-state index in [9.17, 15) is 4.79 Å². The molecule has 0 unspecified atom stereocenters. The van der Waals surface area contributed by atoms with Gasteiger partial charge in [0.2, 0.25) is 0 Å². The minimum atomic E-state index is -0.455. The number of hydrazone groups is 1. The van der Waals surface area contributed by atoms with Crippen molar-refractivity contribution in [1.29, 1.82) is 0 Å². The van der Waals surface area contributed by atoms with Gasteiger partial charge in [-0.05, 0) is 55.8 Å². The van der Waals surface area contributed by atoms with E-state index < -0.39 is 5.25 Å². The van der Waals surface area contributed by atoms with Gasteiger partial charge in [-0.15, -0.1) is 10.2 Å². The first-order valence-corrected chi connectivity index (χ1v) is 13.3. The maximum atomic E-state index is 12.8. The van der Waals surface area contributed by atoms with Gasteiger partial charge in [-0.2, -0.15) is 5.10 Å². The van der Waals surface area contributed by atoms with E-state index in [4.69, 9.17) is 4.74 Å². The molecule has 1 heterocycles. The summed E-state index contributed by atoms with van der Waals surface area (Å²) in [7, 11) is 1.64. The third-order valence-electron chi connectivity index (χ3n) is 5.51. The van der Waals surface area contributed by atoms with Crippen molar-refractivity contribution in [3.8, 4) is 11.4 Å². The summed E-state index contributed by atoms with van der Waals surface area (Å²) in [5.41, 5.74) is 6.08. The molecule has 1 amide bonds. The number of benzene rings is 3. The molecule has 10 heteroatoms. The molecule has 0 aliphatic heterocycles. The number of carbonyl (C=O) groups is 1. The zero-order valence-corrected chi connectivity index (χ0v) is 23.1. The molecule has 1 aromatic heterocycles. The molecule has 190 valence electrons. The number of nitrogens with zero attached hydrogens (tertiary/aromatic N) is 4. The van der Waals surface area contributed by atoms with Crippen molar-refractivity contribution in [1.82, 2.24) is 20.2 Å². The van der Waals surface area contributed by atoms with Crippen LogP contribution in [0.5, 0.6) is 5.75 Å². The fourth-order valence-corrected chi connectivity index (χ4v) is 4.63. The van der Waals surface area contributed by atoms with Crippen LogP contribution >= 0.6 is 27.7 Å². The zero-order chi connectivity index (χ0) is 26.2. The van der Waals surface area contributed by atoms with E-state index in [1.54, 1.807) is 7.11 Å². The molecule has 1 atom stereocenters. The molecule has 4 rings (SSSR count). The molecule has 0 fully saturated rings. The molecule has 0 aliphatic carbocycles. The van der Waals surface area contributed by atoms with E-state index >= 15 is 0 Å². The molecule has 3 aromatic carbocycles. The summed E-state index contributed by atoms with van der Waals surface area (Å²) in [6, 6.07) is 25.3. The average Bonchev–Trinajstić information content (AvgIpc) is 3.33. The molecule has 8 nitrogen and oxygen atoms in total. The highest BCUT2D eigenvalue weighted by Gasteiger charge is 2.21. The van der Waals surface area contributed by atoms with Crippen LogP contribution in [0.2, 0.25) is 0 Å². The Bertz CT molecular complexity index is 1380. The van der Waals surface area contributed by atoms with E-state index in [0.717, 1.165) is 32.9 Å². The minimum absolute atomic E-state index is 0.224. The SMILES string of the molecule is COc1ccccc1NCc1nnc(S[C@H](C)C(=O)NN=C(C)c2ccc(Br)cc2)n1-c1ccccc1. The first-order chi connectivity index (χ1) is 18.0. The average molecular weight is 580 g/mol. The third kappa shape index (κ3) is 6.78. The number of halogens is 1. The first kappa shape index (κ1) is 26.4. The summed E-state index contributed by atoms with van der Waals surface area (Å²) < 4.78 is 8.38. The van der Waals surface area contributed by atoms with Crippen LogP contribution in [-0.4, -0.2) is 38.7 Å². The zero-order valence-electron chi connectivity index (χ0n) is 20.7. The van der Waals surface area contributed by atoms with Gasteiger partial charge < -0.3 is 10.1 Å². The summed E-state index contributed by atoms with van der Waals surface area (Å²) in [6.07, 6.45) is 0. The topological polar surface area (TPSA) is 93.4 Å².